The predicted molar refractivity (Wildman–Crippen MR) is 86.0 cm³/mol. The summed E-state index contributed by atoms with van der Waals surface area (Å²) in [5, 5.41) is 3.20. The molecule has 0 amide bonds. The maximum Gasteiger partial charge on any atom is 0.239 e. The Morgan fingerprint density at radius 2 is 1.81 bits per heavy atom. The topological polar surface area (TPSA) is 47.0 Å². The molecule has 21 heavy (non-hydrogen) atoms. The van der Waals surface area contributed by atoms with E-state index >= 15 is 0 Å². The van der Waals surface area contributed by atoms with Crippen LogP contribution in [0.3, 0.4) is 0 Å². The molecule has 1 heterocycles. The number of rotatable bonds is 5. The van der Waals surface area contributed by atoms with Crippen LogP contribution in [0.5, 0.6) is 11.6 Å². The molecule has 0 bridgehead atoms. The number of nitrogens with zero attached hydrogens (tertiary/aromatic N) is 2. The number of anilines is 1. The van der Waals surface area contributed by atoms with Crippen molar-refractivity contribution in [3.63, 3.8) is 0 Å². The Balaban J connectivity index is 2.07. The van der Waals surface area contributed by atoms with Crippen LogP contribution < -0.4 is 10.1 Å². The summed E-state index contributed by atoms with van der Waals surface area (Å²) in [6, 6.07) is 8.10. The highest BCUT2D eigenvalue weighted by Crippen LogP contribution is 2.26. The quantitative estimate of drug-likeness (QED) is 0.885. The Kier molecular flexibility index (Phi) is 4.78. The number of aromatic nitrogens is 2. The van der Waals surface area contributed by atoms with Crippen LogP contribution in [0.15, 0.2) is 36.7 Å². The Labute approximate surface area is 126 Å². The van der Waals surface area contributed by atoms with Gasteiger partial charge in [-0.05, 0) is 29.5 Å². The van der Waals surface area contributed by atoms with Crippen molar-refractivity contribution in [2.45, 2.75) is 39.5 Å². The largest absolute Gasteiger partial charge is 0.437 e. The van der Waals surface area contributed by atoms with E-state index in [1.807, 2.05) is 12.1 Å². The molecule has 4 nitrogen and oxygen atoms in total. The smallest absolute Gasteiger partial charge is 0.239 e. The first-order valence-corrected chi connectivity index (χ1v) is 7.33. The molecule has 0 unspecified atom stereocenters. The molecule has 0 aliphatic heterocycles. The zero-order valence-corrected chi connectivity index (χ0v) is 13.2. The number of ether oxygens (including phenoxy) is 1. The van der Waals surface area contributed by atoms with Crippen molar-refractivity contribution in [1.29, 1.82) is 0 Å². The van der Waals surface area contributed by atoms with E-state index in [0.29, 0.717) is 5.88 Å². The highest BCUT2D eigenvalue weighted by Gasteiger charge is 2.13. The van der Waals surface area contributed by atoms with Gasteiger partial charge in [0.2, 0.25) is 5.88 Å². The van der Waals surface area contributed by atoms with Crippen molar-refractivity contribution in [3.8, 4) is 11.6 Å². The van der Waals surface area contributed by atoms with Crippen LogP contribution >= 0.6 is 0 Å². The molecule has 112 valence electrons. The zero-order valence-electron chi connectivity index (χ0n) is 13.2. The molecule has 0 radical (unpaired) electrons. The molecule has 1 aromatic heterocycles. The summed E-state index contributed by atoms with van der Waals surface area (Å²) in [5.74, 6) is 2.00. The van der Waals surface area contributed by atoms with Crippen molar-refractivity contribution in [2.24, 2.45) is 0 Å². The fraction of sp³-hybridized carbons (Fsp3) is 0.412. The molecule has 2 rings (SSSR count). The van der Waals surface area contributed by atoms with Gasteiger partial charge in [0.25, 0.3) is 0 Å². The Bertz CT molecular complexity index is 573. The molecule has 0 fully saturated rings. The first-order chi connectivity index (χ1) is 9.99. The van der Waals surface area contributed by atoms with E-state index in [2.05, 4.69) is 55.1 Å². The van der Waals surface area contributed by atoms with Gasteiger partial charge in [-0.1, -0.05) is 39.8 Å². The molecule has 0 aliphatic carbocycles. The third kappa shape index (κ3) is 4.45. The normalized spacial score (nSPS) is 11.2. The van der Waals surface area contributed by atoms with Crippen LogP contribution in [0.4, 0.5) is 5.82 Å². The predicted octanol–water partition coefficient (Wildman–Crippen LogP) is 4.39. The molecule has 2 aromatic rings. The summed E-state index contributed by atoms with van der Waals surface area (Å²) in [7, 11) is 0. The van der Waals surface area contributed by atoms with E-state index < -0.39 is 0 Å². The lowest BCUT2D eigenvalue weighted by atomic mass is 9.87. The van der Waals surface area contributed by atoms with E-state index in [4.69, 9.17) is 4.74 Å². The molecule has 0 aliphatic rings. The summed E-state index contributed by atoms with van der Waals surface area (Å²) < 4.78 is 5.75. The van der Waals surface area contributed by atoms with E-state index in [1.54, 1.807) is 12.4 Å². The Morgan fingerprint density at radius 3 is 2.43 bits per heavy atom. The van der Waals surface area contributed by atoms with Crippen molar-refractivity contribution >= 4 is 5.82 Å². The van der Waals surface area contributed by atoms with Crippen LogP contribution in [0, 0.1) is 0 Å². The lowest BCUT2D eigenvalue weighted by molar-refractivity contribution is 0.460. The minimum Gasteiger partial charge on any atom is -0.437 e. The summed E-state index contributed by atoms with van der Waals surface area (Å²) in [6.45, 7) is 9.56. The monoisotopic (exact) mass is 285 g/mol. The summed E-state index contributed by atoms with van der Waals surface area (Å²) in [5.41, 5.74) is 1.42. The van der Waals surface area contributed by atoms with Crippen LogP contribution in [-0.4, -0.2) is 16.5 Å². The van der Waals surface area contributed by atoms with E-state index in [9.17, 15) is 0 Å². The minimum absolute atomic E-state index is 0.141. The maximum atomic E-state index is 5.75. The number of hydrogen-bond acceptors (Lipinski definition) is 4. The van der Waals surface area contributed by atoms with Gasteiger partial charge in [-0.15, -0.1) is 0 Å². The SMILES string of the molecule is CCCNc1cncc(Oc2ccc(C(C)(C)C)cc2)n1. The fourth-order valence-corrected chi connectivity index (χ4v) is 1.88. The van der Waals surface area contributed by atoms with Gasteiger partial charge >= 0.3 is 0 Å². The van der Waals surface area contributed by atoms with E-state index in [1.165, 1.54) is 5.56 Å². The summed E-state index contributed by atoms with van der Waals surface area (Å²) >= 11 is 0. The van der Waals surface area contributed by atoms with Crippen LogP contribution in [-0.2, 0) is 5.41 Å². The lowest BCUT2D eigenvalue weighted by Crippen LogP contribution is -2.10. The first kappa shape index (κ1) is 15.3. The molecular weight excluding hydrogens is 262 g/mol. The van der Waals surface area contributed by atoms with Crippen LogP contribution in [0.25, 0.3) is 0 Å². The number of hydrogen-bond donors (Lipinski definition) is 1. The summed E-state index contributed by atoms with van der Waals surface area (Å²) in [6.07, 6.45) is 4.36. The first-order valence-electron chi connectivity index (χ1n) is 7.33. The van der Waals surface area contributed by atoms with Gasteiger partial charge in [-0.25, -0.2) is 0 Å². The molecule has 1 aromatic carbocycles. The van der Waals surface area contributed by atoms with Gasteiger partial charge in [-0.2, -0.15) is 4.98 Å². The molecule has 0 saturated carbocycles. The van der Waals surface area contributed by atoms with Gasteiger partial charge in [0.15, 0.2) is 0 Å². The molecule has 0 atom stereocenters. The third-order valence-electron chi connectivity index (χ3n) is 3.11. The fourth-order valence-electron chi connectivity index (χ4n) is 1.88. The second-order valence-electron chi connectivity index (χ2n) is 6.05. The van der Waals surface area contributed by atoms with Crippen molar-refractivity contribution in [1.82, 2.24) is 9.97 Å². The van der Waals surface area contributed by atoms with E-state index in [0.717, 1.165) is 24.5 Å². The highest BCUT2D eigenvalue weighted by molar-refractivity contribution is 5.36. The highest BCUT2D eigenvalue weighted by atomic mass is 16.5. The van der Waals surface area contributed by atoms with Crippen molar-refractivity contribution < 1.29 is 4.74 Å². The van der Waals surface area contributed by atoms with Gasteiger partial charge in [0, 0.05) is 6.54 Å². The zero-order chi connectivity index (χ0) is 15.3. The lowest BCUT2D eigenvalue weighted by Gasteiger charge is -2.19. The summed E-state index contributed by atoms with van der Waals surface area (Å²) in [4.78, 5) is 8.52. The Morgan fingerprint density at radius 1 is 1.10 bits per heavy atom. The molecule has 4 heteroatoms. The average Bonchev–Trinajstić information content (AvgIpc) is 2.45. The number of benzene rings is 1. The van der Waals surface area contributed by atoms with Gasteiger partial charge in [-0.3, -0.25) is 4.98 Å². The maximum absolute atomic E-state index is 5.75. The van der Waals surface area contributed by atoms with Crippen LogP contribution in [0.1, 0.15) is 39.7 Å². The van der Waals surface area contributed by atoms with Crippen molar-refractivity contribution in [3.05, 3.63) is 42.2 Å². The Hall–Kier alpha value is -2.10. The minimum atomic E-state index is 0.141. The number of nitrogens with one attached hydrogen (secondary N) is 1. The van der Waals surface area contributed by atoms with Gasteiger partial charge in [0.05, 0.1) is 12.4 Å². The molecule has 0 saturated heterocycles. The van der Waals surface area contributed by atoms with Gasteiger partial charge in [0.1, 0.15) is 11.6 Å². The average molecular weight is 285 g/mol. The van der Waals surface area contributed by atoms with Crippen molar-refractivity contribution in [2.75, 3.05) is 11.9 Å². The molecular formula is C17H23N3O. The van der Waals surface area contributed by atoms with Crippen LogP contribution in [0.2, 0.25) is 0 Å². The molecule has 0 spiro atoms. The third-order valence-corrected chi connectivity index (χ3v) is 3.11. The molecule has 1 N–H and O–H groups in total. The van der Waals surface area contributed by atoms with Gasteiger partial charge < -0.3 is 10.1 Å². The standard InChI is InChI=1S/C17H23N3O/c1-5-10-19-15-11-18-12-16(20-15)21-14-8-6-13(7-9-14)17(2,3)4/h6-9,11-12H,5,10H2,1-4H3,(H,19,20). The second-order valence-corrected chi connectivity index (χ2v) is 6.05. The second kappa shape index (κ2) is 6.57. The van der Waals surface area contributed by atoms with E-state index in [-0.39, 0.29) is 5.41 Å².